The largest absolute Gasteiger partial charge is 0.365 e. The highest BCUT2D eigenvalue weighted by atomic mass is 16.5. The fourth-order valence-corrected chi connectivity index (χ4v) is 1.79. The van der Waals surface area contributed by atoms with Crippen molar-refractivity contribution in [2.45, 2.75) is 44.6 Å². The van der Waals surface area contributed by atoms with Gasteiger partial charge in [0.2, 0.25) is 0 Å². The molecule has 0 aromatic carbocycles. The summed E-state index contributed by atoms with van der Waals surface area (Å²) >= 11 is 0. The molecule has 3 N–H and O–H groups in total. The third kappa shape index (κ3) is 3.80. The highest BCUT2D eigenvalue weighted by Crippen LogP contribution is 2.24. The Bertz CT molecular complexity index is 201. The third-order valence-corrected chi connectivity index (χ3v) is 2.87. The van der Waals surface area contributed by atoms with E-state index in [0.29, 0.717) is 6.61 Å². The zero-order chi connectivity index (χ0) is 11.1. The lowest BCUT2D eigenvalue weighted by atomic mass is 10.0. The van der Waals surface area contributed by atoms with Gasteiger partial charge in [0, 0.05) is 13.2 Å². The summed E-state index contributed by atoms with van der Waals surface area (Å²) in [5, 5.41) is 2.92. The Morgan fingerprint density at radius 3 is 2.87 bits per heavy atom. The smallest absolute Gasteiger partial charge is 0.251 e. The fourth-order valence-electron chi connectivity index (χ4n) is 1.79. The predicted molar refractivity (Wildman–Crippen MR) is 59.5 cm³/mol. The zero-order valence-electron chi connectivity index (χ0n) is 9.55. The van der Waals surface area contributed by atoms with Crippen molar-refractivity contribution in [1.29, 1.82) is 0 Å². The van der Waals surface area contributed by atoms with E-state index in [9.17, 15) is 4.79 Å². The number of ether oxygens (including phenoxy) is 1. The van der Waals surface area contributed by atoms with Crippen LogP contribution in [0.15, 0.2) is 0 Å². The second-order valence-corrected chi connectivity index (χ2v) is 4.29. The van der Waals surface area contributed by atoms with E-state index < -0.39 is 5.60 Å². The summed E-state index contributed by atoms with van der Waals surface area (Å²) in [7, 11) is 0. The number of carbonyl (C=O) groups excluding carboxylic acids is 1. The van der Waals surface area contributed by atoms with Crippen LogP contribution in [0.5, 0.6) is 0 Å². The van der Waals surface area contributed by atoms with Crippen LogP contribution in [0.1, 0.15) is 39.0 Å². The maximum atomic E-state index is 11.7. The lowest BCUT2D eigenvalue weighted by molar-refractivity contribution is -0.139. The standard InChI is InChI=1S/C11H22N2O2/c1-11(6-5-9-15-11)10(14)13-8-4-2-3-7-12/h2-9,12H2,1H3,(H,13,14). The van der Waals surface area contributed by atoms with Crippen LogP contribution < -0.4 is 11.1 Å². The second kappa shape index (κ2) is 6.08. The molecule has 0 spiro atoms. The molecule has 1 aliphatic heterocycles. The van der Waals surface area contributed by atoms with Gasteiger partial charge in [0.1, 0.15) is 5.60 Å². The van der Waals surface area contributed by atoms with Gasteiger partial charge < -0.3 is 15.8 Å². The van der Waals surface area contributed by atoms with Crippen LogP contribution in [0.3, 0.4) is 0 Å². The summed E-state index contributed by atoms with van der Waals surface area (Å²) in [6.07, 6.45) is 4.93. The molecule has 4 heteroatoms. The lowest BCUT2D eigenvalue weighted by Crippen LogP contribution is -2.44. The number of unbranched alkanes of at least 4 members (excludes halogenated alkanes) is 2. The zero-order valence-corrected chi connectivity index (χ0v) is 9.55. The highest BCUT2D eigenvalue weighted by Gasteiger charge is 2.37. The van der Waals surface area contributed by atoms with Gasteiger partial charge in [-0.2, -0.15) is 0 Å². The van der Waals surface area contributed by atoms with Crippen molar-refractivity contribution < 1.29 is 9.53 Å². The van der Waals surface area contributed by atoms with Gasteiger partial charge in [0.05, 0.1) is 0 Å². The topological polar surface area (TPSA) is 64.4 Å². The van der Waals surface area contributed by atoms with Crippen molar-refractivity contribution in [2.24, 2.45) is 5.73 Å². The van der Waals surface area contributed by atoms with E-state index in [-0.39, 0.29) is 5.91 Å². The summed E-state index contributed by atoms with van der Waals surface area (Å²) in [6, 6.07) is 0. The molecule has 4 nitrogen and oxygen atoms in total. The molecule has 1 heterocycles. The van der Waals surface area contributed by atoms with Crippen molar-refractivity contribution >= 4 is 5.91 Å². The molecule has 0 aromatic rings. The average molecular weight is 214 g/mol. The Morgan fingerprint density at radius 1 is 1.47 bits per heavy atom. The minimum atomic E-state index is -0.576. The SMILES string of the molecule is CC1(C(=O)NCCCCCN)CCCO1. The quantitative estimate of drug-likeness (QED) is 0.643. The predicted octanol–water partition coefficient (Wildman–Crippen LogP) is 0.801. The molecule has 0 saturated carbocycles. The van der Waals surface area contributed by atoms with Gasteiger partial charge in [0.15, 0.2) is 0 Å². The van der Waals surface area contributed by atoms with E-state index in [2.05, 4.69) is 5.32 Å². The van der Waals surface area contributed by atoms with Gasteiger partial charge in [0.25, 0.3) is 5.91 Å². The van der Waals surface area contributed by atoms with Crippen molar-refractivity contribution in [3.63, 3.8) is 0 Å². The van der Waals surface area contributed by atoms with Crippen LogP contribution >= 0.6 is 0 Å². The van der Waals surface area contributed by atoms with E-state index in [4.69, 9.17) is 10.5 Å². The molecule has 1 rings (SSSR count). The van der Waals surface area contributed by atoms with E-state index in [1.165, 1.54) is 0 Å². The molecule has 0 bridgehead atoms. The summed E-state index contributed by atoms with van der Waals surface area (Å²) in [6.45, 7) is 4.04. The minimum absolute atomic E-state index is 0.0350. The highest BCUT2D eigenvalue weighted by molar-refractivity contribution is 5.84. The molecule has 1 aliphatic rings. The van der Waals surface area contributed by atoms with E-state index in [1.54, 1.807) is 0 Å². The Morgan fingerprint density at radius 2 is 2.27 bits per heavy atom. The maximum Gasteiger partial charge on any atom is 0.251 e. The van der Waals surface area contributed by atoms with Crippen LogP contribution in [0.4, 0.5) is 0 Å². The molecular formula is C11H22N2O2. The van der Waals surface area contributed by atoms with Gasteiger partial charge in [-0.3, -0.25) is 4.79 Å². The average Bonchev–Trinajstić information content (AvgIpc) is 2.66. The molecule has 0 aromatic heterocycles. The van der Waals surface area contributed by atoms with Crippen LogP contribution in [0, 0.1) is 0 Å². The number of hydrogen-bond donors (Lipinski definition) is 2. The molecule has 1 saturated heterocycles. The molecule has 1 atom stereocenters. The molecule has 1 unspecified atom stereocenters. The molecule has 0 radical (unpaired) electrons. The molecule has 88 valence electrons. The number of nitrogens with two attached hydrogens (primary N) is 1. The first-order valence-corrected chi connectivity index (χ1v) is 5.81. The van der Waals surface area contributed by atoms with Gasteiger partial charge in [-0.15, -0.1) is 0 Å². The normalized spacial score (nSPS) is 25.5. The van der Waals surface area contributed by atoms with Crippen LogP contribution in [-0.4, -0.2) is 31.2 Å². The fraction of sp³-hybridized carbons (Fsp3) is 0.909. The van der Waals surface area contributed by atoms with Gasteiger partial charge in [-0.25, -0.2) is 0 Å². The first kappa shape index (κ1) is 12.5. The molecule has 1 fully saturated rings. The monoisotopic (exact) mass is 214 g/mol. The Balaban J connectivity index is 2.12. The molecular weight excluding hydrogens is 192 g/mol. The first-order chi connectivity index (χ1) is 7.19. The molecule has 1 amide bonds. The number of nitrogens with one attached hydrogen (secondary N) is 1. The number of hydrogen-bond acceptors (Lipinski definition) is 3. The number of amides is 1. The van der Waals surface area contributed by atoms with Crippen molar-refractivity contribution in [3.8, 4) is 0 Å². The Kier molecular flexibility index (Phi) is 5.05. The maximum absolute atomic E-state index is 11.7. The van der Waals surface area contributed by atoms with Crippen LogP contribution in [0.25, 0.3) is 0 Å². The van der Waals surface area contributed by atoms with Crippen molar-refractivity contribution in [2.75, 3.05) is 19.7 Å². The van der Waals surface area contributed by atoms with E-state index >= 15 is 0 Å². The lowest BCUT2D eigenvalue weighted by Gasteiger charge is -2.21. The number of rotatable bonds is 6. The van der Waals surface area contributed by atoms with E-state index in [1.807, 2.05) is 6.92 Å². The van der Waals surface area contributed by atoms with Crippen LogP contribution in [0.2, 0.25) is 0 Å². The van der Waals surface area contributed by atoms with Gasteiger partial charge in [-0.1, -0.05) is 6.42 Å². The summed E-state index contributed by atoms with van der Waals surface area (Å²) in [5.41, 5.74) is 4.81. The van der Waals surface area contributed by atoms with Crippen LogP contribution in [-0.2, 0) is 9.53 Å². The summed E-state index contributed by atoms with van der Waals surface area (Å²) in [4.78, 5) is 11.7. The Hall–Kier alpha value is -0.610. The molecule has 15 heavy (non-hydrogen) atoms. The first-order valence-electron chi connectivity index (χ1n) is 5.81. The van der Waals surface area contributed by atoms with Crippen molar-refractivity contribution in [1.82, 2.24) is 5.32 Å². The number of carbonyl (C=O) groups is 1. The Labute approximate surface area is 91.5 Å². The summed E-state index contributed by atoms with van der Waals surface area (Å²) < 4.78 is 5.45. The van der Waals surface area contributed by atoms with E-state index in [0.717, 1.165) is 45.2 Å². The summed E-state index contributed by atoms with van der Waals surface area (Å²) in [5.74, 6) is 0.0350. The van der Waals surface area contributed by atoms with Gasteiger partial charge >= 0.3 is 0 Å². The molecule has 0 aliphatic carbocycles. The third-order valence-electron chi connectivity index (χ3n) is 2.87. The second-order valence-electron chi connectivity index (χ2n) is 4.29. The van der Waals surface area contributed by atoms with Crippen molar-refractivity contribution in [3.05, 3.63) is 0 Å². The minimum Gasteiger partial charge on any atom is -0.365 e. The van der Waals surface area contributed by atoms with Gasteiger partial charge in [-0.05, 0) is 39.2 Å².